The molecule has 1 unspecified atom stereocenters. The predicted octanol–water partition coefficient (Wildman–Crippen LogP) is 7.85. The predicted molar refractivity (Wildman–Crippen MR) is 138 cm³/mol. The summed E-state index contributed by atoms with van der Waals surface area (Å²) in [5.74, 6) is 0.596. The maximum Gasteiger partial charge on any atom is 0.143 e. The van der Waals surface area contributed by atoms with E-state index in [0.29, 0.717) is 36.9 Å². The summed E-state index contributed by atoms with van der Waals surface area (Å²) in [4.78, 5) is 2.14. The van der Waals surface area contributed by atoms with Gasteiger partial charge in [-0.2, -0.15) is 0 Å². The second-order valence-electron chi connectivity index (χ2n) is 9.05. The molecule has 5 heteroatoms. The van der Waals surface area contributed by atoms with Crippen molar-refractivity contribution in [1.82, 2.24) is 0 Å². The van der Waals surface area contributed by atoms with Gasteiger partial charge >= 0.3 is 0 Å². The van der Waals surface area contributed by atoms with Crippen molar-refractivity contribution in [1.29, 1.82) is 0 Å². The monoisotopic (exact) mass is 485 g/mol. The molecule has 3 nitrogen and oxygen atoms in total. The Hall–Kier alpha value is -3.86. The highest BCUT2D eigenvalue weighted by atomic mass is 19.1. The molecule has 1 saturated heterocycles. The summed E-state index contributed by atoms with van der Waals surface area (Å²) in [5.41, 5.74) is 3.51. The van der Waals surface area contributed by atoms with Gasteiger partial charge in [0, 0.05) is 18.2 Å². The van der Waals surface area contributed by atoms with Crippen molar-refractivity contribution in [2.75, 3.05) is 11.4 Å². The number of ether oxygens (including phenoxy) is 2. The summed E-state index contributed by atoms with van der Waals surface area (Å²) >= 11 is 0. The van der Waals surface area contributed by atoms with Gasteiger partial charge in [0.2, 0.25) is 0 Å². The van der Waals surface area contributed by atoms with Gasteiger partial charge in [-0.25, -0.2) is 8.78 Å². The van der Waals surface area contributed by atoms with E-state index >= 15 is 0 Å². The zero-order chi connectivity index (χ0) is 24.7. The Labute approximate surface area is 210 Å². The minimum Gasteiger partial charge on any atom is -0.489 e. The fraction of sp³-hybridized carbons (Fsp3) is 0.226. The lowest BCUT2D eigenvalue weighted by molar-refractivity contribution is 0.295. The van der Waals surface area contributed by atoms with Crippen LogP contribution in [-0.2, 0) is 13.2 Å². The van der Waals surface area contributed by atoms with Gasteiger partial charge in [-0.15, -0.1) is 0 Å². The smallest absolute Gasteiger partial charge is 0.143 e. The van der Waals surface area contributed by atoms with E-state index in [1.54, 1.807) is 18.2 Å². The first kappa shape index (κ1) is 23.9. The molecule has 1 aliphatic heterocycles. The second kappa shape index (κ2) is 11.3. The van der Waals surface area contributed by atoms with Gasteiger partial charge in [-0.3, -0.25) is 0 Å². The number of hydrogen-bond donors (Lipinski definition) is 0. The van der Waals surface area contributed by atoms with E-state index in [4.69, 9.17) is 9.47 Å². The van der Waals surface area contributed by atoms with Crippen LogP contribution in [0.3, 0.4) is 0 Å². The van der Waals surface area contributed by atoms with Crippen LogP contribution in [0.1, 0.15) is 42.0 Å². The largest absolute Gasteiger partial charge is 0.489 e. The lowest BCUT2D eigenvalue weighted by Gasteiger charge is -2.39. The fourth-order valence-corrected chi connectivity index (χ4v) is 4.76. The van der Waals surface area contributed by atoms with Crippen LogP contribution in [0.4, 0.5) is 14.5 Å². The van der Waals surface area contributed by atoms with E-state index in [9.17, 15) is 8.78 Å². The van der Waals surface area contributed by atoms with Crippen LogP contribution in [0.15, 0.2) is 97.1 Å². The third-order valence-electron chi connectivity index (χ3n) is 6.54. The van der Waals surface area contributed by atoms with Gasteiger partial charge in [0.15, 0.2) is 0 Å². The standard InChI is InChI=1S/C31H29F2NO2/c32-25-14-16-30(35-21-23-9-3-1-4-10-23)27(19-25)28-13-7-8-18-34(28)29-20-26(33)15-17-31(29)36-22-24-11-5-2-6-12-24/h1-6,9-12,14-17,19-20,28H,7-8,13,18,21-22H2. The van der Waals surface area contributed by atoms with Gasteiger partial charge in [0.05, 0.1) is 11.7 Å². The quantitative estimate of drug-likeness (QED) is 0.254. The summed E-state index contributed by atoms with van der Waals surface area (Å²) < 4.78 is 41.3. The van der Waals surface area contributed by atoms with E-state index in [0.717, 1.165) is 36.0 Å². The Morgan fingerprint density at radius 3 is 1.92 bits per heavy atom. The molecule has 5 rings (SSSR count). The molecular weight excluding hydrogens is 456 g/mol. The van der Waals surface area contributed by atoms with Crippen LogP contribution < -0.4 is 14.4 Å². The zero-order valence-corrected chi connectivity index (χ0v) is 20.1. The minimum absolute atomic E-state index is 0.166. The molecule has 184 valence electrons. The van der Waals surface area contributed by atoms with Crippen LogP contribution in [-0.4, -0.2) is 6.54 Å². The molecular formula is C31H29F2NO2. The molecule has 36 heavy (non-hydrogen) atoms. The Morgan fingerprint density at radius 2 is 1.25 bits per heavy atom. The van der Waals surface area contributed by atoms with Crippen LogP contribution in [0.5, 0.6) is 11.5 Å². The van der Waals surface area contributed by atoms with Gasteiger partial charge in [-0.1, -0.05) is 60.7 Å². The van der Waals surface area contributed by atoms with Crippen molar-refractivity contribution in [3.63, 3.8) is 0 Å². The number of piperidine rings is 1. The van der Waals surface area contributed by atoms with Crippen LogP contribution in [0.25, 0.3) is 0 Å². The van der Waals surface area contributed by atoms with E-state index in [2.05, 4.69) is 4.90 Å². The van der Waals surface area contributed by atoms with Crippen LogP contribution >= 0.6 is 0 Å². The van der Waals surface area contributed by atoms with Crippen molar-refractivity contribution >= 4 is 5.69 Å². The zero-order valence-electron chi connectivity index (χ0n) is 20.1. The SMILES string of the molecule is Fc1ccc(OCc2ccccc2)c(C2CCCCN2c2cc(F)ccc2OCc2ccccc2)c1. The highest BCUT2D eigenvalue weighted by Crippen LogP contribution is 2.43. The molecule has 1 fully saturated rings. The van der Waals surface area contributed by atoms with Crippen molar-refractivity contribution in [2.24, 2.45) is 0 Å². The Kier molecular flexibility index (Phi) is 7.46. The third-order valence-corrected chi connectivity index (χ3v) is 6.54. The highest BCUT2D eigenvalue weighted by molar-refractivity contribution is 5.61. The summed E-state index contributed by atoms with van der Waals surface area (Å²) in [5, 5.41) is 0. The Morgan fingerprint density at radius 1 is 0.667 bits per heavy atom. The molecule has 1 heterocycles. The average molecular weight is 486 g/mol. The lowest BCUT2D eigenvalue weighted by Crippen LogP contribution is -2.34. The number of hydrogen-bond acceptors (Lipinski definition) is 3. The summed E-state index contributed by atoms with van der Waals surface area (Å²) in [6.07, 6.45) is 2.76. The molecule has 4 aromatic carbocycles. The average Bonchev–Trinajstić information content (AvgIpc) is 2.93. The maximum atomic E-state index is 14.5. The molecule has 0 amide bonds. The first-order valence-electron chi connectivity index (χ1n) is 12.4. The van der Waals surface area contributed by atoms with Crippen molar-refractivity contribution < 1.29 is 18.3 Å². The Balaban J connectivity index is 1.45. The van der Waals surface area contributed by atoms with E-state index in [1.165, 1.54) is 18.2 Å². The van der Waals surface area contributed by atoms with Crippen molar-refractivity contribution in [3.05, 3.63) is 125 Å². The van der Waals surface area contributed by atoms with Crippen LogP contribution in [0.2, 0.25) is 0 Å². The molecule has 0 saturated carbocycles. The number of nitrogens with zero attached hydrogens (tertiary/aromatic N) is 1. The molecule has 0 aromatic heterocycles. The van der Waals surface area contributed by atoms with Gasteiger partial charge < -0.3 is 14.4 Å². The van der Waals surface area contributed by atoms with E-state index < -0.39 is 0 Å². The molecule has 0 aliphatic carbocycles. The van der Waals surface area contributed by atoms with Gasteiger partial charge in [0.25, 0.3) is 0 Å². The molecule has 0 radical (unpaired) electrons. The van der Waals surface area contributed by atoms with Crippen molar-refractivity contribution in [3.8, 4) is 11.5 Å². The normalized spacial score (nSPS) is 15.5. The highest BCUT2D eigenvalue weighted by Gasteiger charge is 2.29. The molecule has 0 N–H and O–H groups in total. The number of rotatable bonds is 8. The fourth-order valence-electron chi connectivity index (χ4n) is 4.76. The van der Waals surface area contributed by atoms with Gasteiger partial charge in [0.1, 0.15) is 36.3 Å². The molecule has 4 aromatic rings. The maximum absolute atomic E-state index is 14.5. The number of halogens is 2. The molecule has 0 spiro atoms. The molecule has 0 bridgehead atoms. The van der Waals surface area contributed by atoms with E-state index in [-0.39, 0.29) is 17.7 Å². The van der Waals surface area contributed by atoms with E-state index in [1.807, 2.05) is 60.7 Å². The number of anilines is 1. The third kappa shape index (κ3) is 5.68. The van der Waals surface area contributed by atoms with Crippen LogP contribution in [0, 0.1) is 11.6 Å². The van der Waals surface area contributed by atoms with Gasteiger partial charge in [-0.05, 0) is 60.7 Å². The number of benzene rings is 4. The first-order valence-corrected chi connectivity index (χ1v) is 12.4. The summed E-state index contributed by atoms with van der Waals surface area (Å²) in [7, 11) is 0. The minimum atomic E-state index is -0.332. The van der Waals surface area contributed by atoms with Crippen molar-refractivity contribution in [2.45, 2.75) is 38.5 Å². The molecule has 1 aliphatic rings. The topological polar surface area (TPSA) is 21.7 Å². The molecule has 1 atom stereocenters. The lowest BCUT2D eigenvalue weighted by atomic mass is 9.93. The Bertz CT molecular complexity index is 1180. The summed E-state index contributed by atoms with van der Waals surface area (Å²) in [6, 6.07) is 28.9. The second-order valence-corrected chi connectivity index (χ2v) is 9.05. The summed E-state index contributed by atoms with van der Waals surface area (Å²) in [6.45, 7) is 1.48. The first-order chi connectivity index (χ1) is 17.7.